The summed E-state index contributed by atoms with van der Waals surface area (Å²) < 4.78 is 6.38. The molecule has 0 aliphatic carbocycles. The molecule has 0 radical (unpaired) electrons. The number of ketones is 1. The Morgan fingerprint density at radius 3 is 2.50 bits per heavy atom. The van der Waals surface area contributed by atoms with E-state index in [1.165, 1.54) is 4.68 Å². The van der Waals surface area contributed by atoms with Gasteiger partial charge in [0, 0.05) is 12.3 Å². The molecule has 1 heterocycles. The van der Waals surface area contributed by atoms with E-state index in [-0.39, 0.29) is 23.8 Å². The fourth-order valence-electron chi connectivity index (χ4n) is 0.930. The highest BCUT2D eigenvalue weighted by atomic mass is 16.4. The molecule has 0 saturated heterocycles. The molecule has 0 amide bonds. The summed E-state index contributed by atoms with van der Waals surface area (Å²) in [5.74, 6) is 0.534. The fourth-order valence-corrected chi connectivity index (χ4v) is 0.930. The molecule has 0 fully saturated rings. The number of aromatic nitrogens is 2. The molecule has 0 spiro atoms. The zero-order valence-electron chi connectivity index (χ0n) is 9.00. The van der Waals surface area contributed by atoms with Gasteiger partial charge in [0.25, 0.3) is 0 Å². The minimum absolute atomic E-state index is 0.0718. The molecule has 0 unspecified atom stereocenters. The quantitative estimate of drug-likeness (QED) is 0.701. The largest absolute Gasteiger partial charge is 0.475 e. The van der Waals surface area contributed by atoms with Gasteiger partial charge in [0.05, 0.1) is 0 Å². The van der Waals surface area contributed by atoms with E-state index in [0.29, 0.717) is 5.89 Å². The van der Waals surface area contributed by atoms with Crippen LogP contribution in [-0.4, -0.2) is 10.9 Å². The Kier molecular flexibility index (Phi) is 2.59. The van der Waals surface area contributed by atoms with Gasteiger partial charge in [-0.25, -0.2) is 0 Å². The lowest BCUT2D eigenvalue weighted by molar-refractivity contribution is -0.728. The van der Waals surface area contributed by atoms with E-state index < -0.39 is 0 Å². The van der Waals surface area contributed by atoms with Crippen LogP contribution < -0.4 is 10.4 Å². The Labute approximate surface area is 82.9 Å². The predicted octanol–water partition coefficient (Wildman–Crippen LogP) is 0.468. The molecule has 1 rings (SSSR count). The fraction of sp³-hybridized carbons (Fsp3) is 0.667. The van der Waals surface area contributed by atoms with Gasteiger partial charge in [-0.05, 0) is 5.10 Å². The van der Waals surface area contributed by atoms with Crippen LogP contribution in [-0.2, 0) is 11.3 Å². The Morgan fingerprint density at radius 2 is 2.14 bits per heavy atom. The smallest absolute Gasteiger partial charge is 0.372 e. The SMILES string of the molecule is Cc1n[n+](CC(=O)C(C)(C)C)c(N)o1. The number of Topliss-reactive ketones (excluding diaryl/α,β-unsaturated/α-hetero) is 1. The van der Waals surface area contributed by atoms with Gasteiger partial charge in [0.2, 0.25) is 5.89 Å². The molecule has 1 aromatic heterocycles. The molecule has 78 valence electrons. The summed E-state index contributed by atoms with van der Waals surface area (Å²) in [5.41, 5.74) is 5.13. The lowest BCUT2D eigenvalue weighted by Crippen LogP contribution is -2.45. The topological polar surface area (TPSA) is 73.0 Å². The first kappa shape index (κ1) is 10.7. The summed E-state index contributed by atoms with van der Waals surface area (Å²) in [7, 11) is 0. The van der Waals surface area contributed by atoms with Crippen molar-refractivity contribution < 1.29 is 13.9 Å². The molecule has 0 saturated carbocycles. The molecular formula is C9H16N3O2+. The average Bonchev–Trinajstić information content (AvgIpc) is 2.28. The van der Waals surface area contributed by atoms with Crippen molar-refractivity contribution in [3.05, 3.63) is 5.89 Å². The summed E-state index contributed by atoms with van der Waals surface area (Å²) >= 11 is 0. The first-order valence-electron chi connectivity index (χ1n) is 4.47. The number of nitrogens with two attached hydrogens (primary N) is 1. The highest BCUT2D eigenvalue weighted by Gasteiger charge is 2.26. The normalized spacial score (nSPS) is 11.7. The van der Waals surface area contributed by atoms with Crippen molar-refractivity contribution in [3.8, 4) is 0 Å². The highest BCUT2D eigenvalue weighted by Crippen LogP contribution is 2.14. The Morgan fingerprint density at radius 1 is 1.57 bits per heavy atom. The zero-order chi connectivity index (χ0) is 10.9. The highest BCUT2D eigenvalue weighted by molar-refractivity contribution is 5.82. The third-order valence-corrected chi connectivity index (χ3v) is 1.90. The van der Waals surface area contributed by atoms with Gasteiger partial charge < -0.3 is 4.42 Å². The maximum absolute atomic E-state index is 11.6. The molecule has 5 heteroatoms. The second-order valence-electron chi connectivity index (χ2n) is 4.29. The van der Waals surface area contributed by atoms with Crippen molar-refractivity contribution in [2.45, 2.75) is 34.2 Å². The first-order valence-corrected chi connectivity index (χ1v) is 4.47. The van der Waals surface area contributed by atoms with Crippen LogP contribution in [0.15, 0.2) is 4.42 Å². The maximum atomic E-state index is 11.6. The first-order chi connectivity index (χ1) is 6.30. The molecule has 0 aromatic carbocycles. The Hall–Kier alpha value is -1.39. The van der Waals surface area contributed by atoms with E-state index in [1.54, 1.807) is 6.92 Å². The summed E-state index contributed by atoms with van der Waals surface area (Å²) in [6.45, 7) is 7.43. The summed E-state index contributed by atoms with van der Waals surface area (Å²) in [5, 5.41) is 3.97. The van der Waals surface area contributed by atoms with Gasteiger partial charge in [-0.15, -0.1) is 0 Å². The van der Waals surface area contributed by atoms with Gasteiger partial charge in [-0.1, -0.05) is 25.5 Å². The minimum Gasteiger partial charge on any atom is -0.372 e. The van der Waals surface area contributed by atoms with Crippen LogP contribution in [0.1, 0.15) is 26.7 Å². The van der Waals surface area contributed by atoms with Crippen LogP contribution >= 0.6 is 0 Å². The van der Waals surface area contributed by atoms with E-state index in [2.05, 4.69) is 5.10 Å². The molecule has 0 aliphatic heterocycles. The van der Waals surface area contributed by atoms with Gasteiger partial charge in [0.15, 0.2) is 12.3 Å². The maximum Gasteiger partial charge on any atom is 0.475 e. The van der Waals surface area contributed by atoms with Gasteiger partial charge in [-0.3, -0.25) is 10.5 Å². The molecule has 14 heavy (non-hydrogen) atoms. The van der Waals surface area contributed by atoms with E-state index in [0.717, 1.165) is 0 Å². The van der Waals surface area contributed by atoms with Crippen LogP contribution in [0.4, 0.5) is 6.01 Å². The standard InChI is InChI=1S/C9H15N3O2/c1-6-11-12(8(10)14-6)5-7(13)9(2,3)4/h10H,5H2,1-4H3/p+1. The van der Waals surface area contributed by atoms with E-state index in [4.69, 9.17) is 10.2 Å². The number of hydrogen-bond donors (Lipinski definition) is 1. The number of nitrogen functional groups attached to an aromatic ring is 1. The second-order valence-corrected chi connectivity index (χ2v) is 4.29. The lowest BCUT2D eigenvalue weighted by atomic mass is 9.91. The van der Waals surface area contributed by atoms with Crippen LogP contribution in [0, 0.1) is 12.3 Å². The van der Waals surface area contributed by atoms with E-state index >= 15 is 0 Å². The molecule has 0 bridgehead atoms. The predicted molar refractivity (Wildman–Crippen MR) is 50.3 cm³/mol. The van der Waals surface area contributed by atoms with Gasteiger partial charge in [0.1, 0.15) is 0 Å². The molecular weight excluding hydrogens is 182 g/mol. The number of aryl methyl sites for hydroxylation is 1. The van der Waals surface area contributed by atoms with Crippen molar-refractivity contribution >= 4 is 11.8 Å². The monoisotopic (exact) mass is 198 g/mol. The van der Waals surface area contributed by atoms with Crippen LogP contribution in [0.3, 0.4) is 0 Å². The van der Waals surface area contributed by atoms with Gasteiger partial charge >= 0.3 is 6.01 Å². The number of anilines is 1. The van der Waals surface area contributed by atoms with Gasteiger partial charge in [-0.2, -0.15) is 0 Å². The molecule has 5 nitrogen and oxygen atoms in total. The van der Waals surface area contributed by atoms with Crippen molar-refractivity contribution in [2.24, 2.45) is 5.41 Å². The lowest BCUT2D eigenvalue weighted by Gasteiger charge is -2.13. The molecule has 0 aliphatic rings. The van der Waals surface area contributed by atoms with Crippen LogP contribution in [0.2, 0.25) is 0 Å². The number of hydrogen-bond acceptors (Lipinski definition) is 4. The van der Waals surface area contributed by atoms with Crippen molar-refractivity contribution in [1.82, 2.24) is 5.10 Å². The van der Waals surface area contributed by atoms with E-state index in [1.807, 2.05) is 20.8 Å². The third-order valence-electron chi connectivity index (χ3n) is 1.90. The zero-order valence-corrected chi connectivity index (χ0v) is 9.00. The van der Waals surface area contributed by atoms with Crippen molar-refractivity contribution in [1.29, 1.82) is 0 Å². The number of rotatable bonds is 2. The molecule has 2 N–H and O–H groups in total. The summed E-state index contributed by atoms with van der Waals surface area (Å²) in [6, 6.07) is 0.167. The van der Waals surface area contributed by atoms with E-state index in [9.17, 15) is 4.79 Å². The van der Waals surface area contributed by atoms with Crippen molar-refractivity contribution in [3.63, 3.8) is 0 Å². The number of nitrogens with zero attached hydrogens (tertiary/aromatic N) is 2. The number of carbonyl (C=O) groups excluding carboxylic acids is 1. The number of carbonyl (C=O) groups is 1. The third kappa shape index (κ3) is 2.31. The Bertz CT molecular complexity index is 349. The summed E-state index contributed by atoms with van der Waals surface area (Å²) in [4.78, 5) is 11.6. The van der Waals surface area contributed by atoms with Crippen molar-refractivity contribution in [2.75, 3.05) is 5.73 Å². The molecule has 0 atom stereocenters. The average molecular weight is 198 g/mol. The Balaban J connectivity index is 2.80. The second kappa shape index (κ2) is 3.40. The van der Waals surface area contributed by atoms with Crippen LogP contribution in [0.25, 0.3) is 0 Å². The minimum atomic E-state index is -0.383. The van der Waals surface area contributed by atoms with Crippen LogP contribution in [0.5, 0.6) is 0 Å². The summed E-state index contributed by atoms with van der Waals surface area (Å²) in [6.07, 6.45) is 0. The molecule has 1 aromatic rings.